The van der Waals surface area contributed by atoms with Crippen LogP contribution in [0.3, 0.4) is 0 Å². The van der Waals surface area contributed by atoms with Crippen LogP contribution in [0.15, 0.2) is 6.07 Å². The second kappa shape index (κ2) is 4.41. The van der Waals surface area contributed by atoms with Crippen molar-refractivity contribution in [2.45, 2.75) is 26.3 Å². The third-order valence-corrected chi connectivity index (χ3v) is 2.32. The maximum Gasteiger partial charge on any atom is 0.0641 e. The topological polar surface area (TPSA) is 62.7 Å². The van der Waals surface area contributed by atoms with E-state index in [1.54, 1.807) is 6.07 Å². The molecule has 0 fully saturated rings. The van der Waals surface area contributed by atoms with Gasteiger partial charge in [-0.2, -0.15) is 5.26 Å². The zero-order valence-electron chi connectivity index (χ0n) is 8.21. The van der Waals surface area contributed by atoms with Gasteiger partial charge in [-0.1, -0.05) is 11.6 Å². The van der Waals surface area contributed by atoms with Gasteiger partial charge < -0.3 is 5.73 Å². The summed E-state index contributed by atoms with van der Waals surface area (Å²) in [6.07, 6.45) is 0.255. The van der Waals surface area contributed by atoms with Gasteiger partial charge in [-0.05, 0) is 19.9 Å². The Balaban J connectivity index is 3.15. The Hall–Kier alpha value is -1.11. The third kappa shape index (κ3) is 2.22. The molecule has 0 radical (unpaired) electrons. The van der Waals surface area contributed by atoms with Crippen molar-refractivity contribution >= 4 is 11.6 Å². The van der Waals surface area contributed by atoms with Gasteiger partial charge in [0, 0.05) is 28.0 Å². The number of hydrogen-bond donors (Lipinski definition) is 1. The van der Waals surface area contributed by atoms with E-state index in [1.807, 2.05) is 19.9 Å². The molecule has 1 atom stereocenters. The van der Waals surface area contributed by atoms with Gasteiger partial charge in [0.25, 0.3) is 0 Å². The standard InChI is InChI=1S/C10H12ClN3/c1-6-5-8(11)10(7(2)14-6)9(13)3-4-12/h5,9H,3,13H2,1-2H3. The molecule has 0 aliphatic carbocycles. The molecule has 0 spiro atoms. The van der Waals surface area contributed by atoms with E-state index in [0.29, 0.717) is 5.02 Å². The Morgan fingerprint density at radius 1 is 1.64 bits per heavy atom. The summed E-state index contributed by atoms with van der Waals surface area (Å²) in [5.41, 5.74) is 8.25. The highest BCUT2D eigenvalue weighted by atomic mass is 35.5. The predicted molar refractivity (Wildman–Crippen MR) is 55.9 cm³/mol. The lowest BCUT2D eigenvalue weighted by Crippen LogP contribution is -2.12. The molecular weight excluding hydrogens is 198 g/mol. The van der Waals surface area contributed by atoms with E-state index < -0.39 is 0 Å². The number of aryl methyl sites for hydroxylation is 2. The Morgan fingerprint density at radius 3 is 2.79 bits per heavy atom. The zero-order valence-corrected chi connectivity index (χ0v) is 8.97. The molecule has 0 saturated carbocycles. The van der Waals surface area contributed by atoms with E-state index >= 15 is 0 Å². The molecule has 74 valence electrons. The Bertz CT molecular complexity index is 358. The second-order valence-corrected chi connectivity index (χ2v) is 3.62. The monoisotopic (exact) mass is 209 g/mol. The fraction of sp³-hybridized carbons (Fsp3) is 0.400. The zero-order chi connectivity index (χ0) is 10.7. The molecule has 2 N–H and O–H groups in total. The van der Waals surface area contributed by atoms with Crippen molar-refractivity contribution in [3.05, 3.63) is 28.0 Å². The average molecular weight is 210 g/mol. The number of nitriles is 1. The van der Waals surface area contributed by atoms with Gasteiger partial charge in [0.15, 0.2) is 0 Å². The minimum atomic E-state index is -0.347. The summed E-state index contributed by atoms with van der Waals surface area (Å²) in [6.45, 7) is 3.73. The molecule has 1 aromatic rings. The third-order valence-electron chi connectivity index (χ3n) is 2.01. The molecule has 1 aromatic heterocycles. The van der Waals surface area contributed by atoms with Crippen molar-refractivity contribution in [2.24, 2.45) is 5.73 Å². The summed E-state index contributed by atoms with van der Waals surface area (Å²) < 4.78 is 0. The van der Waals surface area contributed by atoms with Crippen LogP contribution in [0.4, 0.5) is 0 Å². The normalized spacial score (nSPS) is 12.2. The highest BCUT2D eigenvalue weighted by molar-refractivity contribution is 6.31. The highest BCUT2D eigenvalue weighted by Crippen LogP contribution is 2.26. The van der Waals surface area contributed by atoms with E-state index in [2.05, 4.69) is 4.98 Å². The first kappa shape index (κ1) is 11.0. The Labute approximate surface area is 88.5 Å². The van der Waals surface area contributed by atoms with Crippen LogP contribution >= 0.6 is 11.6 Å². The number of nitrogens with zero attached hydrogens (tertiary/aromatic N) is 2. The fourth-order valence-corrected chi connectivity index (χ4v) is 1.87. The lowest BCUT2D eigenvalue weighted by atomic mass is 10.0. The van der Waals surface area contributed by atoms with Crippen molar-refractivity contribution in [3.63, 3.8) is 0 Å². The van der Waals surface area contributed by atoms with Crippen LogP contribution in [0, 0.1) is 25.2 Å². The smallest absolute Gasteiger partial charge is 0.0641 e. The Morgan fingerprint density at radius 2 is 2.29 bits per heavy atom. The highest BCUT2D eigenvalue weighted by Gasteiger charge is 2.14. The summed E-state index contributed by atoms with van der Waals surface area (Å²) in [7, 11) is 0. The molecule has 0 aliphatic heterocycles. The van der Waals surface area contributed by atoms with Crippen molar-refractivity contribution in [1.29, 1.82) is 5.26 Å². The van der Waals surface area contributed by atoms with E-state index in [4.69, 9.17) is 22.6 Å². The van der Waals surface area contributed by atoms with Crippen molar-refractivity contribution in [3.8, 4) is 6.07 Å². The molecule has 0 amide bonds. The molecule has 3 nitrogen and oxygen atoms in total. The van der Waals surface area contributed by atoms with Crippen LogP contribution in [0.25, 0.3) is 0 Å². The number of nitrogens with two attached hydrogens (primary N) is 1. The van der Waals surface area contributed by atoms with E-state index in [9.17, 15) is 0 Å². The van der Waals surface area contributed by atoms with Gasteiger partial charge in [0.2, 0.25) is 0 Å². The van der Waals surface area contributed by atoms with Gasteiger partial charge in [0.1, 0.15) is 0 Å². The number of hydrogen-bond acceptors (Lipinski definition) is 3. The molecule has 0 aromatic carbocycles. The first-order valence-electron chi connectivity index (χ1n) is 4.32. The summed E-state index contributed by atoms with van der Waals surface area (Å²) in [5, 5.41) is 9.14. The van der Waals surface area contributed by atoms with E-state index in [-0.39, 0.29) is 12.5 Å². The van der Waals surface area contributed by atoms with E-state index in [1.165, 1.54) is 0 Å². The second-order valence-electron chi connectivity index (χ2n) is 3.21. The molecule has 1 rings (SSSR count). The molecule has 1 unspecified atom stereocenters. The molecule has 0 bridgehead atoms. The van der Waals surface area contributed by atoms with Crippen LogP contribution in [0.5, 0.6) is 0 Å². The lowest BCUT2D eigenvalue weighted by molar-refractivity contribution is 0.734. The fourth-order valence-electron chi connectivity index (χ4n) is 1.44. The number of pyridine rings is 1. The van der Waals surface area contributed by atoms with Gasteiger partial charge >= 0.3 is 0 Å². The van der Waals surface area contributed by atoms with Gasteiger partial charge in [-0.25, -0.2) is 0 Å². The average Bonchev–Trinajstić information content (AvgIpc) is 2.01. The molecule has 0 saturated heterocycles. The maximum atomic E-state index is 8.54. The van der Waals surface area contributed by atoms with Gasteiger partial charge in [0.05, 0.1) is 12.5 Å². The summed E-state index contributed by atoms with van der Waals surface area (Å²) in [6, 6.07) is 3.44. The Kier molecular flexibility index (Phi) is 3.45. The lowest BCUT2D eigenvalue weighted by Gasteiger charge is -2.13. The quantitative estimate of drug-likeness (QED) is 0.813. The molecular formula is C10H12ClN3. The first-order chi connectivity index (χ1) is 6.56. The summed E-state index contributed by atoms with van der Waals surface area (Å²) >= 11 is 6.04. The van der Waals surface area contributed by atoms with E-state index in [0.717, 1.165) is 17.0 Å². The molecule has 0 aliphatic rings. The molecule has 1 heterocycles. The van der Waals surface area contributed by atoms with Crippen LogP contribution in [0.1, 0.15) is 29.4 Å². The van der Waals surface area contributed by atoms with Gasteiger partial charge in [-0.15, -0.1) is 0 Å². The van der Waals surface area contributed by atoms with Crippen LogP contribution < -0.4 is 5.73 Å². The SMILES string of the molecule is Cc1cc(Cl)c(C(N)CC#N)c(C)n1. The van der Waals surface area contributed by atoms with Crippen molar-refractivity contribution in [2.75, 3.05) is 0 Å². The van der Waals surface area contributed by atoms with Crippen LogP contribution in [-0.2, 0) is 0 Å². The van der Waals surface area contributed by atoms with Crippen molar-refractivity contribution in [1.82, 2.24) is 4.98 Å². The van der Waals surface area contributed by atoms with Gasteiger partial charge in [-0.3, -0.25) is 4.98 Å². The largest absolute Gasteiger partial charge is 0.323 e. The number of halogens is 1. The minimum absolute atomic E-state index is 0.255. The number of aromatic nitrogens is 1. The molecule has 14 heavy (non-hydrogen) atoms. The van der Waals surface area contributed by atoms with Crippen molar-refractivity contribution < 1.29 is 0 Å². The predicted octanol–water partition coefficient (Wildman–Crippen LogP) is 2.27. The minimum Gasteiger partial charge on any atom is -0.323 e. The maximum absolute atomic E-state index is 8.54. The number of rotatable bonds is 2. The van der Waals surface area contributed by atoms with Crippen LogP contribution in [-0.4, -0.2) is 4.98 Å². The van der Waals surface area contributed by atoms with Crippen LogP contribution in [0.2, 0.25) is 5.02 Å². The summed E-state index contributed by atoms with van der Waals surface area (Å²) in [4.78, 5) is 4.26. The first-order valence-corrected chi connectivity index (χ1v) is 4.70. The molecule has 4 heteroatoms. The summed E-state index contributed by atoms with van der Waals surface area (Å²) in [5.74, 6) is 0.